The van der Waals surface area contributed by atoms with Gasteiger partial charge in [0.25, 0.3) is 5.91 Å². The molecule has 2 aromatic rings. The van der Waals surface area contributed by atoms with Crippen LogP contribution in [-0.2, 0) is 4.74 Å². The van der Waals surface area contributed by atoms with Gasteiger partial charge in [-0.2, -0.15) is 0 Å². The van der Waals surface area contributed by atoms with E-state index in [1.165, 1.54) is 0 Å². The maximum Gasteiger partial charge on any atom is 0.272 e. The molecule has 0 aliphatic carbocycles. The molecular formula is C18H22N4O3. The largest absolute Gasteiger partial charge is 0.390 e. The summed E-state index contributed by atoms with van der Waals surface area (Å²) in [6.45, 7) is 3.80. The summed E-state index contributed by atoms with van der Waals surface area (Å²) in [5.74, 6) is -0.119. The minimum Gasteiger partial charge on any atom is -0.390 e. The number of likely N-dealkylation sites (tertiary alicyclic amines) is 1. The Labute approximate surface area is 146 Å². The summed E-state index contributed by atoms with van der Waals surface area (Å²) in [5, 5.41) is 10.4. The molecule has 2 aliphatic heterocycles. The fourth-order valence-electron chi connectivity index (χ4n) is 3.63. The number of rotatable bonds is 3. The summed E-state index contributed by atoms with van der Waals surface area (Å²) in [7, 11) is 0. The molecule has 3 heterocycles. The number of aliphatic hydroxyl groups excluding tert-OH is 1. The first-order valence-corrected chi connectivity index (χ1v) is 8.62. The zero-order valence-corrected chi connectivity index (χ0v) is 14.0. The van der Waals surface area contributed by atoms with Crippen molar-refractivity contribution < 1.29 is 14.6 Å². The van der Waals surface area contributed by atoms with E-state index in [0.29, 0.717) is 37.7 Å². The zero-order valence-electron chi connectivity index (χ0n) is 14.0. The van der Waals surface area contributed by atoms with Crippen LogP contribution in [0.1, 0.15) is 10.5 Å². The van der Waals surface area contributed by atoms with Gasteiger partial charge in [-0.25, -0.2) is 4.98 Å². The van der Waals surface area contributed by atoms with Crippen LogP contribution in [0.15, 0.2) is 36.7 Å². The topological polar surface area (TPSA) is 81.7 Å². The number of ether oxygens (including phenoxy) is 1. The van der Waals surface area contributed by atoms with Crippen molar-refractivity contribution in [2.24, 2.45) is 0 Å². The molecule has 2 aliphatic rings. The smallest absolute Gasteiger partial charge is 0.272 e. The number of β-amino-alcohol motifs (C(OH)–C–C–N with tert-alkyl or cyclic N) is 1. The van der Waals surface area contributed by atoms with E-state index in [0.717, 1.165) is 18.7 Å². The van der Waals surface area contributed by atoms with Crippen LogP contribution < -0.4 is 0 Å². The predicted octanol–water partition coefficient (Wildman–Crippen LogP) is 0.594. The molecule has 7 heteroatoms. The van der Waals surface area contributed by atoms with E-state index >= 15 is 0 Å². The van der Waals surface area contributed by atoms with Crippen LogP contribution in [0.3, 0.4) is 0 Å². The molecule has 0 saturated carbocycles. The lowest BCUT2D eigenvalue weighted by atomic mass is 10.1. The van der Waals surface area contributed by atoms with Crippen molar-refractivity contribution in [3.8, 4) is 11.3 Å². The third kappa shape index (κ3) is 3.18. The van der Waals surface area contributed by atoms with E-state index in [9.17, 15) is 9.90 Å². The summed E-state index contributed by atoms with van der Waals surface area (Å²) < 4.78 is 5.38. The normalized spacial score (nSPS) is 24.6. The maximum absolute atomic E-state index is 13.0. The van der Waals surface area contributed by atoms with Crippen molar-refractivity contribution in [1.29, 1.82) is 0 Å². The van der Waals surface area contributed by atoms with Gasteiger partial charge in [0.2, 0.25) is 0 Å². The average Bonchev–Trinajstić information content (AvgIpc) is 3.29. The second kappa shape index (κ2) is 6.95. The number of aliphatic hydroxyl groups is 1. The number of H-pyrrole nitrogens is 1. The Hall–Kier alpha value is -2.22. The highest BCUT2D eigenvalue weighted by atomic mass is 16.5. The van der Waals surface area contributed by atoms with Gasteiger partial charge in [-0.1, -0.05) is 30.3 Å². The first-order valence-electron chi connectivity index (χ1n) is 8.62. The van der Waals surface area contributed by atoms with Gasteiger partial charge < -0.3 is 19.7 Å². The number of carbonyl (C=O) groups excluding carboxylic acids is 1. The number of carbonyl (C=O) groups is 1. The molecule has 2 N–H and O–H groups in total. The van der Waals surface area contributed by atoms with Crippen LogP contribution in [0.4, 0.5) is 0 Å². The van der Waals surface area contributed by atoms with E-state index in [4.69, 9.17) is 4.74 Å². The number of hydrogen-bond acceptors (Lipinski definition) is 5. The fourth-order valence-corrected chi connectivity index (χ4v) is 3.63. The van der Waals surface area contributed by atoms with Crippen LogP contribution in [-0.4, -0.2) is 82.3 Å². The Morgan fingerprint density at radius 3 is 2.72 bits per heavy atom. The summed E-state index contributed by atoms with van der Waals surface area (Å²) in [6.07, 6.45) is 1.01. The molecule has 4 rings (SSSR count). The predicted molar refractivity (Wildman–Crippen MR) is 92.1 cm³/mol. The lowest BCUT2D eigenvalue weighted by Gasteiger charge is -2.33. The van der Waals surface area contributed by atoms with Crippen LogP contribution in [0.2, 0.25) is 0 Å². The number of imidazole rings is 1. The molecule has 1 aromatic carbocycles. The average molecular weight is 342 g/mol. The molecule has 2 atom stereocenters. The van der Waals surface area contributed by atoms with Crippen LogP contribution in [0.25, 0.3) is 11.3 Å². The van der Waals surface area contributed by atoms with Gasteiger partial charge in [-0.05, 0) is 0 Å². The Morgan fingerprint density at radius 2 is 1.96 bits per heavy atom. The zero-order chi connectivity index (χ0) is 17.2. The van der Waals surface area contributed by atoms with Crippen LogP contribution in [0.5, 0.6) is 0 Å². The van der Waals surface area contributed by atoms with Gasteiger partial charge in [-0.3, -0.25) is 9.69 Å². The van der Waals surface area contributed by atoms with Crippen molar-refractivity contribution in [3.05, 3.63) is 42.4 Å². The molecule has 2 fully saturated rings. The summed E-state index contributed by atoms with van der Waals surface area (Å²) in [6, 6.07) is 9.61. The van der Waals surface area contributed by atoms with Crippen LogP contribution >= 0.6 is 0 Å². The number of benzene rings is 1. The van der Waals surface area contributed by atoms with E-state index in [1.807, 2.05) is 30.3 Å². The molecule has 0 bridgehead atoms. The molecule has 1 aromatic heterocycles. The third-order valence-electron chi connectivity index (χ3n) is 4.96. The van der Waals surface area contributed by atoms with Crippen LogP contribution in [0, 0.1) is 0 Å². The number of aromatic nitrogens is 2. The minimum atomic E-state index is -0.537. The second-order valence-electron chi connectivity index (χ2n) is 6.49. The van der Waals surface area contributed by atoms with E-state index in [1.54, 1.807) is 11.2 Å². The maximum atomic E-state index is 13.0. The number of aromatic amines is 1. The molecule has 1 amide bonds. The Morgan fingerprint density at radius 1 is 1.20 bits per heavy atom. The lowest BCUT2D eigenvalue weighted by Crippen LogP contribution is -2.49. The van der Waals surface area contributed by atoms with Gasteiger partial charge in [0.05, 0.1) is 31.7 Å². The highest BCUT2D eigenvalue weighted by molar-refractivity contribution is 5.98. The van der Waals surface area contributed by atoms with Crippen molar-refractivity contribution in [2.45, 2.75) is 12.1 Å². The number of hydrogen-bond donors (Lipinski definition) is 2. The SMILES string of the molecule is O=C(c1[nH]cnc1-c1ccccc1)N1C[C@@H](O)[C@H](N2CCOCC2)C1. The highest BCUT2D eigenvalue weighted by Crippen LogP contribution is 2.24. The number of amides is 1. The molecule has 0 radical (unpaired) electrons. The third-order valence-corrected chi connectivity index (χ3v) is 4.96. The number of morpholine rings is 1. The highest BCUT2D eigenvalue weighted by Gasteiger charge is 2.39. The molecule has 2 saturated heterocycles. The van der Waals surface area contributed by atoms with Crippen molar-refractivity contribution in [3.63, 3.8) is 0 Å². The summed E-state index contributed by atoms with van der Waals surface area (Å²) in [5.41, 5.74) is 2.02. The van der Waals surface area contributed by atoms with Gasteiger partial charge in [0, 0.05) is 31.7 Å². The van der Waals surface area contributed by atoms with E-state index in [-0.39, 0.29) is 11.9 Å². The fraction of sp³-hybridized carbons (Fsp3) is 0.444. The van der Waals surface area contributed by atoms with Crippen molar-refractivity contribution in [2.75, 3.05) is 39.4 Å². The number of nitrogens with one attached hydrogen (secondary N) is 1. The Balaban J connectivity index is 1.52. The van der Waals surface area contributed by atoms with Gasteiger partial charge in [-0.15, -0.1) is 0 Å². The molecule has 0 unspecified atom stereocenters. The molecule has 7 nitrogen and oxygen atoms in total. The van der Waals surface area contributed by atoms with E-state index < -0.39 is 6.10 Å². The first kappa shape index (κ1) is 16.3. The van der Waals surface area contributed by atoms with Gasteiger partial charge >= 0.3 is 0 Å². The molecular weight excluding hydrogens is 320 g/mol. The molecule has 0 spiro atoms. The van der Waals surface area contributed by atoms with E-state index in [2.05, 4.69) is 14.9 Å². The quantitative estimate of drug-likeness (QED) is 0.853. The summed E-state index contributed by atoms with van der Waals surface area (Å²) in [4.78, 5) is 24.2. The summed E-state index contributed by atoms with van der Waals surface area (Å²) >= 11 is 0. The Kier molecular flexibility index (Phi) is 4.52. The lowest BCUT2D eigenvalue weighted by molar-refractivity contribution is -0.00611. The first-order chi connectivity index (χ1) is 12.2. The molecule has 132 valence electrons. The second-order valence-corrected chi connectivity index (χ2v) is 6.49. The van der Waals surface area contributed by atoms with Gasteiger partial charge in [0.15, 0.2) is 0 Å². The van der Waals surface area contributed by atoms with Crippen molar-refractivity contribution in [1.82, 2.24) is 19.8 Å². The van der Waals surface area contributed by atoms with Crippen molar-refractivity contribution >= 4 is 5.91 Å². The van der Waals surface area contributed by atoms with Gasteiger partial charge in [0.1, 0.15) is 11.4 Å². The monoisotopic (exact) mass is 342 g/mol. The number of nitrogens with zero attached hydrogens (tertiary/aromatic N) is 3. The Bertz CT molecular complexity index is 727. The minimum absolute atomic E-state index is 0.0315. The molecule has 25 heavy (non-hydrogen) atoms. The standard InChI is InChI=1S/C18H22N4O3/c23-15-11-22(10-14(15)21-6-8-25-9-7-21)18(24)17-16(19-12-20-17)13-4-2-1-3-5-13/h1-5,12,14-15,23H,6-11H2,(H,19,20)/t14-,15-/m1/s1.